The van der Waals surface area contributed by atoms with Gasteiger partial charge < -0.3 is 10.0 Å². The number of carbonyl (C=O) groups is 1. The van der Waals surface area contributed by atoms with Gasteiger partial charge in [0.1, 0.15) is 0 Å². The Balaban J connectivity index is 2.13. The molecule has 2 rings (SSSR count). The summed E-state index contributed by atoms with van der Waals surface area (Å²) in [4.78, 5) is 14.0. The monoisotopic (exact) mass is 237 g/mol. The van der Waals surface area contributed by atoms with Crippen LogP contribution in [0.25, 0.3) is 0 Å². The van der Waals surface area contributed by atoms with Crippen LogP contribution < -0.4 is 0 Å². The van der Waals surface area contributed by atoms with Crippen LogP contribution in [0.4, 0.5) is 0 Å². The SMILES string of the molecule is Cc1c(C(=O)N2CCC(C)C(O)C2)cnn1C. The number of amides is 1. The second kappa shape index (κ2) is 4.49. The Morgan fingerprint density at radius 3 is 2.82 bits per heavy atom. The number of aliphatic hydroxyl groups excluding tert-OH is 1. The van der Waals surface area contributed by atoms with E-state index >= 15 is 0 Å². The van der Waals surface area contributed by atoms with Crippen LogP contribution in [0, 0.1) is 12.8 Å². The van der Waals surface area contributed by atoms with Gasteiger partial charge in [-0.2, -0.15) is 5.10 Å². The molecule has 1 N–H and O–H groups in total. The van der Waals surface area contributed by atoms with Crippen LogP contribution in [0.2, 0.25) is 0 Å². The first-order valence-electron chi connectivity index (χ1n) is 5.96. The highest BCUT2D eigenvalue weighted by Gasteiger charge is 2.29. The van der Waals surface area contributed by atoms with E-state index in [4.69, 9.17) is 0 Å². The third-order valence-corrected chi connectivity index (χ3v) is 3.67. The second-order valence-electron chi connectivity index (χ2n) is 4.85. The Bertz CT molecular complexity index is 427. The van der Waals surface area contributed by atoms with Crippen LogP contribution in [0.1, 0.15) is 29.4 Å². The number of piperidine rings is 1. The summed E-state index contributed by atoms with van der Waals surface area (Å²) in [6.45, 7) is 5.03. The lowest BCUT2D eigenvalue weighted by Gasteiger charge is -2.34. The molecule has 1 saturated heterocycles. The molecule has 0 bridgehead atoms. The number of aromatic nitrogens is 2. The number of carbonyl (C=O) groups excluding carboxylic acids is 1. The van der Waals surface area contributed by atoms with Gasteiger partial charge >= 0.3 is 0 Å². The standard InChI is InChI=1S/C12H19N3O2/c1-8-4-5-15(7-11(8)16)12(17)10-6-13-14(3)9(10)2/h6,8,11,16H,4-5,7H2,1-3H3. The molecule has 0 aromatic carbocycles. The number of aryl methyl sites for hydroxylation is 1. The Labute approximate surface area is 101 Å². The van der Waals surface area contributed by atoms with Crippen molar-refractivity contribution in [3.8, 4) is 0 Å². The summed E-state index contributed by atoms with van der Waals surface area (Å²) in [6, 6.07) is 0. The fraction of sp³-hybridized carbons (Fsp3) is 0.667. The average Bonchev–Trinajstić information content (AvgIpc) is 2.63. The number of β-amino-alcohol motifs (C(OH)–C–C–N with tert-alkyl or cyclic N) is 1. The van der Waals surface area contributed by atoms with E-state index < -0.39 is 6.10 Å². The van der Waals surface area contributed by atoms with Crippen molar-refractivity contribution in [2.75, 3.05) is 13.1 Å². The largest absolute Gasteiger partial charge is 0.391 e. The van der Waals surface area contributed by atoms with Crippen LogP contribution in [0.15, 0.2) is 6.20 Å². The zero-order valence-corrected chi connectivity index (χ0v) is 10.6. The summed E-state index contributed by atoms with van der Waals surface area (Å²) in [6.07, 6.45) is 2.04. The highest BCUT2D eigenvalue weighted by molar-refractivity contribution is 5.95. The summed E-state index contributed by atoms with van der Waals surface area (Å²) in [5.41, 5.74) is 1.50. The van der Waals surface area contributed by atoms with Crippen molar-refractivity contribution in [1.29, 1.82) is 0 Å². The van der Waals surface area contributed by atoms with Crippen LogP contribution in [-0.2, 0) is 7.05 Å². The van der Waals surface area contributed by atoms with Crippen LogP contribution in [0.5, 0.6) is 0 Å². The summed E-state index contributed by atoms with van der Waals surface area (Å²) < 4.78 is 1.69. The van der Waals surface area contributed by atoms with E-state index in [1.54, 1.807) is 15.8 Å². The third kappa shape index (κ3) is 2.20. The molecule has 1 aliphatic heterocycles. The minimum atomic E-state index is -0.412. The molecule has 5 heteroatoms. The maximum atomic E-state index is 12.2. The molecule has 2 unspecified atom stereocenters. The molecule has 17 heavy (non-hydrogen) atoms. The maximum absolute atomic E-state index is 12.2. The van der Waals surface area contributed by atoms with E-state index in [1.165, 1.54) is 0 Å². The molecule has 1 aromatic rings. The van der Waals surface area contributed by atoms with E-state index in [0.717, 1.165) is 12.1 Å². The lowest BCUT2D eigenvalue weighted by molar-refractivity contribution is 0.0248. The van der Waals surface area contributed by atoms with Gasteiger partial charge in [0.05, 0.1) is 17.9 Å². The Morgan fingerprint density at radius 2 is 2.29 bits per heavy atom. The lowest BCUT2D eigenvalue weighted by atomic mass is 9.95. The molecule has 5 nitrogen and oxygen atoms in total. The second-order valence-corrected chi connectivity index (χ2v) is 4.85. The predicted molar refractivity (Wildman–Crippen MR) is 63.6 cm³/mol. The highest BCUT2D eigenvalue weighted by atomic mass is 16.3. The molecule has 0 aliphatic carbocycles. The molecule has 0 spiro atoms. The van der Waals surface area contributed by atoms with Crippen LogP contribution >= 0.6 is 0 Å². The van der Waals surface area contributed by atoms with Gasteiger partial charge in [0.15, 0.2) is 0 Å². The lowest BCUT2D eigenvalue weighted by Crippen LogP contribution is -2.45. The topological polar surface area (TPSA) is 58.4 Å². The molecule has 1 aliphatic rings. The van der Waals surface area contributed by atoms with E-state index in [2.05, 4.69) is 5.10 Å². The molecule has 0 radical (unpaired) electrons. The number of rotatable bonds is 1. The first kappa shape index (κ1) is 12.1. The quantitative estimate of drug-likeness (QED) is 0.777. The van der Waals surface area contributed by atoms with Gasteiger partial charge in [-0.1, -0.05) is 6.92 Å². The number of nitrogens with zero attached hydrogens (tertiary/aromatic N) is 3. The van der Waals surface area contributed by atoms with Crippen molar-refractivity contribution in [3.05, 3.63) is 17.5 Å². The fourth-order valence-corrected chi connectivity index (χ4v) is 2.11. The van der Waals surface area contributed by atoms with Crippen molar-refractivity contribution < 1.29 is 9.90 Å². The van der Waals surface area contributed by atoms with Gasteiger partial charge in [-0.3, -0.25) is 9.48 Å². The van der Waals surface area contributed by atoms with Crippen molar-refractivity contribution in [2.24, 2.45) is 13.0 Å². The average molecular weight is 237 g/mol. The molecule has 1 aromatic heterocycles. The number of hydrogen-bond donors (Lipinski definition) is 1. The number of likely N-dealkylation sites (tertiary alicyclic amines) is 1. The van der Waals surface area contributed by atoms with Crippen molar-refractivity contribution in [1.82, 2.24) is 14.7 Å². The molecule has 0 saturated carbocycles. The van der Waals surface area contributed by atoms with Crippen molar-refractivity contribution in [2.45, 2.75) is 26.4 Å². The zero-order chi connectivity index (χ0) is 12.6. The summed E-state index contributed by atoms with van der Waals surface area (Å²) in [5, 5.41) is 13.9. The highest BCUT2D eigenvalue weighted by Crippen LogP contribution is 2.19. The minimum absolute atomic E-state index is 0.0263. The van der Waals surface area contributed by atoms with Gasteiger partial charge in [-0.05, 0) is 19.3 Å². The van der Waals surface area contributed by atoms with Gasteiger partial charge in [0.2, 0.25) is 0 Å². The minimum Gasteiger partial charge on any atom is -0.391 e. The molecular weight excluding hydrogens is 218 g/mol. The summed E-state index contributed by atoms with van der Waals surface area (Å²) >= 11 is 0. The Hall–Kier alpha value is -1.36. The van der Waals surface area contributed by atoms with Crippen LogP contribution in [0.3, 0.4) is 0 Å². The van der Waals surface area contributed by atoms with Crippen LogP contribution in [-0.4, -0.2) is 44.9 Å². The Kier molecular flexibility index (Phi) is 3.19. The van der Waals surface area contributed by atoms with Crippen molar-refractivity contribution in [3.63, 3.8) is 0 Å². The van der Waals surface area contributed by atoms with E-state index in [-0.39, 0.29) is 11.8 Å². The predicted octanol–water partition coefficient (Wildman–Crippen LogP) is 0.571. The van der Waals surface area contributed by atoms with E-state index in [0.29, 0.717) is 18.7 Å². The first-order valence-corrected chi connectivity index (χ1v) is 5.96. The molecule has 2 atom stereocenters. The Morgan fingerprint density at radius 1 is 1.59 bits per heavy atom. The normalized spacial score (nSPS) is 25.1. The number of aliphatic hydroxyl groups is 1. The fourth-order valence-electron chi connectivity index (χ4n) is 2.11. The number of hydrogen-bond acceptors (Lipinski definition) is 3. The molecule has 94 valence electrons. The maximum Gasteiger partial charge on any atom is 0.257 e. The first-order chi connectivity index (χ1) is 8.00. The van der Waals surface area contributed by atoms with Gasteiger partial charge in [-0.15, -0.1) is 0 Å². The van der Waals surface area contributed by atoms with E-state index in [9.17, 15) is 9.90 Å². The van der Waals surface area contributed by atoms with E-state index in [1.807, 2.05) is 20.9 Å². The van der Waals surface area contributed by atoms with Crippen molar-refractivity contribution >= 4 is 5.91 Å². The zero-order valence-electron chi connectivity index (χ0n) is 10.6. The molecular formula is C12H19N3O2. The van der Waals surface area contributed by atoms with Gasteiger partial charge in [0, 0.05) is 25.8 Å². The third-order valence-electron chi connectivity index (χ3n) is 3.67. The molecule has 2 heterocycles. The summed E-state index contributed by atoms with van der Waals surface area (Å²) in [5.74, 6) is 0.246. The smallest absolute Gasteiger partial charge is 0.257 e. The summed E-state index contributed by atoms with van der Waals surface area (Å²) in [7, 11) is 1.82. The van der Waals surface area contributed by atoms with Gasteiger partial charge in [-0.25, -0.2) is 0 Å². The molecule has 1 amide bonds. The molecule has 1 fully saturated rings. The van der Waals surface area contributed by atoms with Gasteiger partial charge in [0.25, 0.3) is 5.91 Å².